The number of likely N-dealkylation sites (N-methyl/N-ethyl adjacent to an activating group) is 1. The van der Waals surface area contributed by atoms with Gasteiger partial charge in [-0.1, -0.05) is 0 Å². The molecule has 0 aliphatic heterocycles. The fraction of sp³-hybridized carbons (Fsp3) is 0.889. The summed E-state index contributed by atoms with van der Waals surface area (Å²) in [5.41, 5.74) is 5.61. The first-order chi connectivity index (χ1) is 6.20. The second-order valence-electron chi connectivity index (χ2n) is 3.58. The number of hydrogen-bond donors (Lipinski definition) is 1. The highest BCUT2D eigenvalue weighted by molar-refractivity contribution is 5.77. The molecule has 0 saturated heterocycles. The van der Waals surface area contributed by atoms with Gasteiger partial charge in [0.25, 0.3) is 0 Å². The van der Waals surface area contributed by atoms with Gasteiger partial charge in [0.1, 0.15) is 6.61 Å². The summed E-state index contributed by atoms with van der Waals surface area (Å²) in [5, 5.41) is 0. The molecule has 0 spiro atoms. The summed E-state index contributed by atoms with van der Waals surface area (Å²) >= 11 is 0. The fourth-order valence-electron chi connectivity index (χ4n) is 1.56. The minimum Gasteiger partial charge on any atom is -0.375 e. The van der Waals surface area contributed by atoms with Crippen LogP contribution in [0.25, 0.3) is 0 Å². The molecule has 76 valence electrons. The van der Waals surface area contributed by atoms with Crippen LogP contribution in [0.1, 0.15) is 12.8 Å². The zero-order valence-corrected chi connectivity index (χ0v) is 8.32. The molecule has 4 heteroatoms. The molecular weight excluding hydrogens is 168 g/mol. The van der Waals surface area contributed by atoms with E-state index in [2.05, 4.69) is 0 Å². The highest BCUT2D eigenvalue weighted by Crippen LogP contribution is 2.34. The van der Waals surface area contributed by atoms with Crippen molar-refractivity contribution in [1.29, 1.82) is 0 Å². The lowest BCUT2D eigenvalue weighted by Gasteiger charge is -2.26. The van der Waals surface area contributed by atoms with Crippen LogP contribution in [0.15, 0.2) is 0 Å². The minimum absolute atomic E-state index is 0.0184. The maximum absolute atomic E-state index is 11.4. The number of carbonyl (C=O) groups is 1. The van der Waals surface area contributed by atoms with Crippen molar-refractivity contribution in [1.82, 2.24) is 4.90 Å². The van der Waals surface area contributed by atoms with E-state index in [4.69, 9.17) is 10.5 Å². The Kier molecular flexibility index (Phi) is 3.69. The summed E-state index contributed by atoms with van der Waals surface area (Å²) in [7, 11) is 3.33. The van der Waals surface area contributed by atoms with Crippen LogP contribution in [0.5, 0.6) is 0 Å². The van der Waals surface area contributed by atoms with Gasteiger partial charge in [0, 0.05) is 26.7 Å². The lowest BCUT2D eigenvalue weighted by atomic mass is 10.1. The van der Waals surface area contributed by atoms with Crippen molar-refractivity contribution in [2.24, 2.45) is 11.7 Å². The first-order valence-corrected chi connectivity index (χ1v) is 4.65. The van der Waals surface area contributed by atoms with Crippen molar-refractivity contribution in [2.75, 3.05) is 27.3 Å². The molecule has 1 saturated carbocycles. The SMILES string of the molecule is COCC(=O)N(C)C(CN)C1CC1. The molecule has 1 aliphatic carbocycles. The summed E-state index contributed by atoms with van der Waals surface area (Å²) < 4.78 is 4.79. The van der Waals surface area contributed by atoms with Crippen LogP contribution in [0, 0.1) is 5.92 Å². The summed E-state index contributed by atoms with van der Waals surface area (Å²) in [5.74, 6) is 0.639. The first kappa shape index (κ1) is 10.5. The van der Waals surface area contributed by atoms with E-state index in [0.717, 1.165) is 0 Å². The zero-order chi connectivity index (χ0) is 9.84. The van der Waals surface area contributed by atoms with Crippen molar-refractivity contribution >= 4 is 5.91 Å². The predicted octanol–water partition coefficient (Wildman–Crippen LogP) is -0.171. The van der Waals surface area contributed by atoms with Gasteiger partial charge in [-0.3, -0.25) is 4.79 Å². The van der Waals surface area contributed by atoms with Gasteiger partial charge in [-0.05, 0) is 18.8 Å². The topological polar surface area (TPSA) is 55.6 Å². The summed E-state index contributed by atoms with van der Waals surface area (Å²) in [6, 6.07) is 0.211. The summed E-state index contributed by atoms with van der Waals surface area (Å²) in [6.45, 7) is 0.705. The molecule has 2 N–H and O–H groups in total. The second kappa shape index (κ2) is 4.58. The number of methoxy groups -OCH3 is 1. The third-order valence-electron chi connectivity index (χ3n) is 2.57. The van der Waals surface area contributed by atoms with E-state index in [9.17, 15) is 4.79 Å². The smallest absolute Gasteiger partial charge is 0.248 e. The molecule has 0 aromatic carbocycles. The standard InChI is InChI=1S/C9H18N2O2/c1-11(9(12)6-13-2)8(5-10)7-3-4-7/h7-8H,3-6,10H2,1-2H3. The van der Waals surface area contributed by atoms with Crippen molar-refractivity contribution in [3.8, 4) is 0 Å². The Morgan fingerprint density at radius 1 is 1.69 bits per heavy atom. The van der Waals surface area contributed by atoms with E-state index < -0.39 is 0 Å². The highest BCUT2D eigenvalue weighted by atomic mass is 16.5. The quantitative estimate of drug-likeness (QED) is 0.648. The van der Waals surface area contributed by atoms with Gasteiger partial charge in [0.05, 0.1) is 0 Å². The summed E-state index contributed by atoms with van der Waals surface area (Å²) in [4.78, 5) is 13.1. The van der Waals surface area contributed by atoms with Gasteiger partial charge in [0.15, 0.2) is 0 Å². The summed E-state index contributed by atoms with van der Waals surface area (Å²) in [6.07, 6.45) is 2.40. The van der Waals surface area contributed by atoms with Gasteiger partial charge in [-0.15, -0.1) is 0 Å². The Hall–Kier alpha value is -0.610. The van der Waals surface area contributed by atoms with Gasteiger partial charge in [-0.2, -0.15) is 0 Å². The van der Waals surface area contributed by atoms with Gasteiger partial charge in [-0.25, -0.2) is 0 Å². The van der Waals surface area contributed by atoms with Crippen molar-refractivity contribution < 1.29 is 9.53 Å². The molecule has 0 aromatic rings. The van der Waals surface area contributed by atoms with Crippen LogP contribution >= 0.6 is 0 Å². The van der Waals surface area contributed by atoms with E-state index in [-0.39, 0.29) is 18.6 Å². The Morgan fingerprint density at radius 3 is 2.69 bits per heavy atom. The van der Waals surface area contributed by atoms with Gasteiger partial charge >= 0.3 is 0 Å². The molecule has 1 fully saturated rings. The Labute approximate surface area is 79.0 Å². The lowest BCUT2D eigenvalue weighted by Crippen LogP contribution is -2.44. The number of nitrogens with zero attached hydrogens (tertiary/aromatic N) is 1. The number of amides is 1. The van der Waals surface area contributed by atoms with Crippen LogP contribution in [-0.2, 0) is 9.53 Å². The maximum Gasteiger partial charge on any atom is 0.248 e. The molecule has 1 aliphatic rings. The number of rotatable bonds is 5. The van der Waals surface area contributed by atoms with Crippen molar-refractivity contribution in [2.45, 2.75) is 18.9 Å². The van der Waals surface area contributed by atoms with Crippen LogP contribution in [0.4, 0.5) is 0 Å². The monoisotopic (exact) mass is 186 g/mol. The average molecular weight is 186 g/mol. The molecule has 1 amide bonds. The number of hydrogen-bond acceptors (Lipinski definition) is 3. The van der Waals surface area contributed by atoms with E-state index >= 15 is 0 Å². The number of carbonyl (C=O) groups excluding carboxylic acids is 1. The van der Waals surface area contributed by atoms with Gasteiger partial charge in [0.2, 0.25) is 5.91 Å². The van der Waals surface area contributed by atoms with E-state index in [1.165, 1.54) is 20.0 Å². The van der Waals surface area contributed by atoms with Crippen molar-refractivity contribution in [3.63, 3.8) is 0 Å². The van der Waals surface area contributed by atoms with Crippen LogP contribution < -0.4 is 5.73 Å². The molecular formula is C9H18N2O2. The van der Waals surface area contributed by atoms with Gasteiger partial charge < -0.3 is 15.4 Å². The molecule has 0 aromatic heterocycles. The molecule has 1 atom stereocenters. The van der Waals surface area contributed by atoms with Crippen molar-refractivity contribution in [3.05, 3.63) is 0 Å². The fourth-order valence-corrected chi connectivity index (χ4v) is 1.56. The Balaban J connectivity index is 2.42. The third kappa shape index (κ3) is 2.67. The van der Waals surface area contributed by atoms with Crippen LogP contribution in [0.2, 0.25) is 0 Å². The minimum atomic E-state index is 0.0184. The maximum atomic E-state index is 11.4. The van der Waals surface area contributed by atoms with Crippen LogP contribution in [-0.4, -0.2) is 44.2 Å². The Morgan fingerprint density at radius 2 is 2.31 bits per heavy atom. The molecule has 4 nitrogen and oxygen atoms in total. The third-order valence-corrected chi connectivity index (χ3v) is 2.57. The predicted molar refractivity (Wildman–Crippen MR) is 50.2 cm³/mol. The number of ether oxygens (including phenoxy) is 1. The first-order valence-electron chi connectivity index (χ1n) is 4.65. The second-order valence-corrected chi connectivity index (χ2v) is 3.58. The molecule has 0 heterocycles. The average Bonchev–Trinajstić information content (AvgIpc) is 2.90. The molecule has 0 radical (unpaired) electrons. The van der Waals surface area contributed by atoms with Crippen LogP contribution in [0.3, 0.4) is 0 Å². The molecule has 1 unspecified atom stereocenters. The lowest BCUT2D eigenvalue weighted by molar-refractivity contribution is -0.136. The Bertz CT molecular complexity index is 180. The van der Waals surface area contributed by atoms with E-state index in [1.807, 2.05) is 0 Å². The molecule has 1 rings (SSSR count). The largest absolute Gasteiger partial charge is 0.375 e. The zero-order valence-electron chi connectivity index (χ0n) is 8.32. The normalized spacial score (nSPS) is 18.4. The highest BCUT2D eigenvalue weighted by Gasteiger charge is 2.34. The van der Waals surface area contributed by atoms with E-state index in [1.54, 1.807) is 11.9 Å². The molecule has 13 heavy (non-hydrogen) atoms. The molecule has 0 bridgehead atoms. The van der Waals surface area contributed by atoms with E-state index in [0.29, 0.717) is 12.5 Å². The number of nitrogens with two attached hydrogens (primary N) is 1.